The van der Waals surface area contributed by atoms with Gasteiger partial charge in [0.15, 0.2) is 0 Å². The van der Waals surface area contributed by atoms with Crippen LogP contribution < -0.4 is 4.74 Å². The van der Waals surface area contributed by atoms with Gasteiger partial charge in [0, 0.05) is 66.6 Å². The Balaban J connectivity index is 1.37. The van der Waals surface area contributed by atoms with E-state index in [1.165, 1.54) is 6.92 Å². The average molecular weight is 457 g/mol. The van der Waals surface area contributed by atoms with E-state index in [1.54, 1.807) is 17.3 Å². The first-order chi connectivity index (χ1) is 16.5. The van der Waals surface area contributed by atoms with E-state index in [2.05, 4.69) is 32.3 Å². The zero-order valence-corrected chi connectivity index (χ0v) is 18.7. The number of nitriles is 1. The summed E-state index contributed by atoms with van der Waals surface area (Å²) in [5, 5.41) is 27.1. The van der Waals surface area contributed by atoms with E-state index in [4.69, 9.17) is 4.74 Å². The van der Waals surface area contributed by atoms with E-state index in [9.17, 15) is 15.2 Å². The van der Waals surface area contributed by atoms with Crippen LogP contribution in [0.25, 0.3) is 33.3 Å². The highest BCUT2D eigenvalue weighted by Crippen LogP contribution is 2.34. The number of nitrogens with zero attached hydrogens (tertiary/aromatic N) is 4. The Bertz CT molecular complexity index is 1360. The molecular weight excluding hydrogens is 432 g/mol. The number of carbonyl (C=O) groups is 1. The van der Waals surface area contributed by atoms with Crippen molar-refractivity contribution in [2.75, 3.05) is 13.1 Å². The van der Waals surface area contributed by atoms with Gasteiger partial charge >= 0.3 is 0 Å². The predicted molar refractivity (Wildman–Crippen MR) is 126 cm³/mol. The van der Waals surface area contributed by atoms with E-state index >= 15 is 0 Å². The number of aliphatic hydroxyl groups is 1. The van der Waals surface area contributed by atoms with E-state index in [0.717, 1.165) is 33.3 Å². The lowest BCUT2D eigenvalue weighted by Crippen LogP contribution is -2.45. The number of rotatable bonds is 5. The summed E-state index contributed by atoms with van der Waals surface area (Å²) in [5.74, 6) is 0.272. The fourth-order valence-electron chi connectivity index (χ4n) is 4.33. The second kappa shape index (κ2) is 9.00. The van der Waals surface area contributed by atoms with Crippen molar-refractivity contribution in [1.82, 2.24) is 25.1 Å². The van der Waals surface area contributed by atoms with Gasteiger partial charge in [-0.1, -0.05) is 6.07 Å². The van der Waals surface area contributed by atoms with Gasteiger partial charge in [0.25, 0.3) is 5.91 Å². The molecule has 172 valence electrons. The molecule has 3 aromatic heterocycles. The minimum atomic E-state index is -0.995. The Morgan fingerprint density at radius 3 is 2.74 bits per heavy atom. The van der Waals surface area contributed by atoms with Crippen LogP contribution in [0, 0.1) is 11.3 Å². The lowest BCUT2D eigenvalue weighted by atomic mass is 10.0. The van der Waals surface area contributed by atoms with Gasteiger partial charge in [0.1, 0.15) is 29.7 Å². The summed E-state index contributed by atoms with van der Waals surface area (Å²) in [4.78, 5) is 21.3. The number of piperidine rings is 1. The predicted octanol–water partition coefficient (Wildman–Crippen LogP) is 3.24. The lowest BCUT2D eigenvalue weighted by Gasteiger charge is -2.33. The van der Waals surface area contributed by atoms with Gasteiger partial charge < -0.3 is 19.7 Å². The highest BCUT2D eigenvalue weighted by Gasteiger charge is 2.26. The number of hydrogen-bond acceptors (Lipinski definition) is 6. The molecule has 4 heterocycles. The van der Waals surface area contributed by atoms with Gasteiger partial charge in [-0.05, 0) is 30.7 Å². The van der Waals surface area contributed by atoms with Crippen LogP contribution in [0.2, 0.25) is 0 Å². The van der Waals surface area contributed by atoms with Gasteiger partial charge in [-0.25, -0.2) is 4.98 Å². The minimum Gasteiger partial charge on any atom is -0.489 e. The van der Waals surface area contributed by atoms with Crippen molar-refractivity contribution < 1.29 is 14.6 Å². The van der Waals surface area contributed by atoms with Crippen molar-refractivity contribution in [3.8, 4) is 34.1 Å². The molecule has 1 aromatic carbocycles. The number of H-pyrrole nitrogens is 2. The summed E-state index contributed by atoms with van der Waals surface area (Å²) in [5.41, 5.74) is 4.94. The molecule has 9 heteroatoms. The van der Waals surface area contributed by atoms with Crippen LogP contribution in [0.3, 0.4) is 0 Å². The number of fused-ring (bicyclic) bond motifs is 1. The lowest BCUT2D eigenvalue weighted by molar-refractivity contribution is -0.141. The standard InChI is InChI=1S/C25H24N6O3/c1-15(32)25(33)31-6-4-20(5-7-31)34-23-3-2-16(8-17(23)10-26)22-14-28-24-21(22)9-18(11-27-24)19-12-29-30-13-19/h2-3,8-9,11-15,20,32H,4-7H2,1H3,(H,27,28)(H,29,30)/t15-/m0/s1. The smallest absolute Gasteiger partial charge is 0.251 e. The molecule has 0 bridgehead atoms. The van der Waals surface area contributed by atoms with Gasteiger partial charge in [-0.15, -0.1) is 0 Å². The molecule has 0 saturated carbocycles. The van der Waals surface area contributed by atoms with Crippen LogP contribution >= 0.6 is 0 Å². The fraction of sp³-hybridized carbons (Fsp3) is 0.280. The zero-order valence-electron chi connectivity index (χ0n) is 18.7. The second-order valence-electron chi connectivity index (χ2n) is 8.45. The Labute approximate surface area is 196 Å². The number of carbonyl (C=O) groups excluding carboxylic acids is 1. The number of amides is 1. The first-order valence-electron chi connectivity index (χ1n) is 11.2. The third-order valence-corrected chi connectivity index (χ3v) is 6.18. The third-order valence-electron chi connectivity index (χ3n) is 6.18. The number of aromatic nitrogens is 4. The normalized spacial score (nSPS) is 15.3. The molecule has 1 atom stereocenters. The molecular formula is C25H24N6O3. The van der Waals surface area contributed by atoms with Crippen molar-refractivity contribution in [3.05, 3.63) is 54.6 Å². The summed E-state index contributed by atoms with van der Waals surface area (Å²) >= 11 is 0. The number of aliphatic hydroxyl groups excluding tert-OH is 1. The molecule has 1 aliphatic heterocycles. The second-order valence-corrected chi connectivity index (χ2v) is 8.45. The van der Waals surface area contributed by atoms with Gasteiger partial charge in [0.2, 0.25) is 0 Å². The topological polar surface area (TPSA) is 131 Å². The summed E-state index contributed by atoms with van der Waals surface area (Å²) in [6.45, 7) is 2.53. The zero-order chi connectivity index (χ0) is 23.7. The molecule has 4 aromatic rings. The average Bonchev–Trinajstić information content (AvgIpc) is 3.54. The van der Waals surface area contributed by atoms with E-state index in [-0.39, 0.29) is 12.0 Å². The van der Waals surface area contributed by atoms with Crippen molar-refractivity contribution in [3.63, 3.8) is 0 Å². The molecule has 1 amide bonds. The highest BCUT2D eigenvalue weighted by atomic mass is 16.5. The molecule has 0 aliphatic carbocycles. The van der Waals surface area contributed by atoms with Crippen LogP contribution in [-0.2, 0) is 4.79 Å². The van der Waals surface area contributed by atoms with Gasteiger partial charge in [-0.2, -0.15) is 10.4 Å². The van der Waals surface area contributed by atoms with Crippen LogP contribution in [0.5, 0.6) is 5.75 Å². The highest BCUT2D eigenvalue weighted by molar-refractivity contribution is 5.96. The number of pyridine rings is 1. The van der Waals surface area contributed by atoms with Crippen molar-refractivity contribution in [2.45, 2.75) is 32.0 Å². The number of aromatic amines is 2. The molecule has 5 rings (SSSR count). The number of likely N-dealkylation sites (tertiary alicyclic amines) is 1. The molecule has 1 saturated heterocycles. The Morgan fingerprint density at radius 2 is 2.03 bits per heavy atom. The maximum absolute atomic E-state index is 12.0. The summed E-state index contributed by atoms with van der Waals surface area (Å²) in [6.07, 6.45) is 7.47. The minimum absolute atomic E-state index is 0.0918. The van der Waals surface area contributed by atoms with Gasteiger partial charge in [0.05, 0.1) is 11.8 Å². The summed E-state index contributed by atoms with van der Waals surface area (Å²) in [6, 6.07) is 9.90. The maximum Gasteiger partial charge on any atom is 0.251 e. The fourth-order valence-corrected chi connectivity index (χ4v) is 4.33. The largest absolute Gasteiger partial charge is 0.489 e. The number of benzene rings is 1. The number of ether oxygens (including phenoxy) is 1. The number of nitrogens with one attached hydrogen (secondary N) is 2. The monoisotopic (exact) mass is 456 g/mol. The number of hydrogen-bond donors (Lipinski definition) is 3. The molecule has 0 spiro atoms. The Hall–Kier alpha value is -4.16. The molecule has 9 nitrogen and oxygen atoms in total. The first kappa shape index (κ1) is 21.7. The van der Waals surface area contributed by atoms with Crippen LogP contribution in [0.15, 0.2) is 49.1 Å². The quantitative estimate of drug-likeness (QED) is 0.423. The summed E-state index contributed by atoms with van der Waals surface area (Å²) < 4.78 is 6.14. The Morgan fingerprint density at radius 1 is 1.21 bits per heavy atom. The maximum atomic E-state index is 12.0. The van der Waals surface area contributed by atoms with E-state index in [1.807, 2.05) is 30.6 Å². The van der Waals surface area contributed by atoms with Crippen LogP contribution in [0.4, 0.5) is 0 Å². The SMILES string of the molecule is C[C@H](O)C(=O)N1CCC(Oc2ccc(-c3c[nH]c4ncc(-c5cn[nH]c5)cc34)cc2C#N)CC1. The molecule has 1 fully saturated rings. The van der Waals surface area contributed by atoms with Gasteiger partial charge in [-0.3, -0.25) is 9.89 Å². The van der Waals surface area contributed by atoms with Crippen molar-refractivity contribution >= 4 is 16.9 Å². The molecule has 34 heavy (non-hydrogen) atoms. The van der Waals surface area contributed by atoms with E-state index in [0.29, 0.717) is 37.2 Å². The van der Waals surface area contributed by atoms with E-state index < -0.39 is 6.10 Å². The molecule has 3 N–H and O–H groups in total. The van der Waals surface area contributed by atoms with Crippen molar-refractivity contribution in [2.24, 2.45) is 0 Å². The first-order valence-corrected chi connectivity index (χ1v) is 11.2. The molecule has 0 radical (unpaired) electrons. The third kappa shape index (κ3) is 4.11. The Kier molecular flexibility index (Phi) is 5.74. The molecule has 1 aliphatic rings. The van der Waals surface area contributed by atoms with Crippen LogP contribution in [0.1, 0.15) is 25.3 Å². The molecule has 0 unspecified atom stereocenters. The summed E-state index contributed by atoms with van der Waals surface area (Å²) in [7, 11) is 0. The van der Waals surface area contributed by atoms with Crippen LogP contribution in [-0.4, -0.2) is 61.4 Å². The van der Waals surface area contributed by atoms with Crippen molar-refractivity contribution in [1.29, 1.82) is 5.26 Å².